The van der Waals surface area contributed by atoms with Gasteiger partial charge in [0.05, 0.1) is 0 Å². The minimum atomic E-state index is -0.558. The summed E-state index contributed by atoms with van der Waals surface area (Å²) in [7, 11) is 0. The van der Waals surface area contributed by atoms with Crippen molar-refractivity contribution < 1.29 is 14.3 Å². The average Bonchev–Trinajstić information content (AvgIpc) is 2.48. The van der Waals surface area contributed by atoms with Crippen LogP contribution in [-0.2, 0) is 4.74 Å². The van der Waals surface area contributed by atoms with E-state index in [0.29, 0.717) is 11.3 Å². The summed E-state index contributed by atoms with van der Waals surface area (Å²) in [6.07, 6.45) is 3.85. The van der Waals surface area contributed by atoms with Gasteiger partial charge in [-0.1, -0.05) is 13.0 Å². The number of hydrogen-bond donors (Lipinski definition) is 2. The first-order valence-electron chi connectivity index (χ1n) is 8.64. The summed E-state index contributed by atoms with van der Waals surface area (Å²) in [6.45, 7) is 7.67. The summed E-state index contributed by atoms with van der Waals surface area (Å²) in [5, 5.41) is 5.75. The fraction of sp³-hybridized carbons (Fsp3) is 0.579. The average molecular weight is 332 g/mol. The molecule has 0 radical (unpaired) electrons. The van der Waals surface area contributed by atoms with Crippen LogP contribution in [0.25, 0.3) is 0 Å². The maximum atomic E-state index is 12.4. The zero-order chi connectivity index (χ0) is 17.7. The summed E-state index contributed by atoms with van der Waals surface area (Å²) in [4.78, 5) is 24.2. The van der Waals surface area contributed by atoms with Gasteiger partial charge < -0.3 is 10.1 Å². The van der Waals surface area contributed by atoms with E-state index in [-0.39, 0.29) is 11.9 Å². The molecule has 0 heterocycles. The van der Waals surface area contributed by atoms with Gasteiger partial charge in [0.15, 0.2) is 0 Å². The zero-order valence-electron chi connectivity index (χ0n) is 15.0. The van der Waals surface area contributed by atoms with Crippen molar-refractivity contribution in [2.75, 3.05) is 5.32 Å². The van der Waals surface area contributed by atoms with Gasteiger partial charge in [-0.05, 0) is 70.6 Å². The van der Waals surface area contributed by atoms with Gasteiger partial charge in [-0.25, -0.2) is 4.79 Å². The number of rotatable bonds is 3. The molecule has 2 amide bonds. The van der Waals surface area contributed by atoms with E-state index in [1.54, 1.807) is 24.3 Å². The van der Waals surface area contributed by atoms with E-state index in [1.807, 2.05) is 20.8 Å². The molecule has 0 atom stereocenters. The molecule has 1 aromatic carbocycles. The Labute approximate surface area is 144 Å². The Bertz CT molecular complexity index is 585. The van der Waals surface area contributed by atoms with E-state index in [4.69, 9.17) is 4.74 Å². The van der Waals surface area contributed by atoms with Crippen molar-refractivity contribution >= 4 is 17.7 Å². The van der Waals surface area contributed by atoms with Gasteiger partial charge in [0.2, 0.25) is 0 Å². The predicted octanol–water partition coefficient (Wildman–Crippen LogP) is 4.34. The van der Waals surface area contributed by atoms with E-state index in [0.717, 1.165) is 31.6 Å². The summed E-state index contributed by atoms with van der Waals surface area (Å²) in [6, 6.07) is 7.16. The maximum Gasteiger partial charge on any atom is 0.412 e. The quantitative estimate of drug-likeness (QED) is 0.865. The topological polar surface area (TPSA) is 67.4 Å². The highest BCUT2D eigenvalue weighted by molar-refractivity contribution is 5.96. The fourth-order valence-corrected chi connectivity index (χ4v) is 2.83. The van der Waals surface area contributed by atoms with Crippen LogP contribution in [0.15, 0.2) is 24.3 Å². The number of nitrogens with one attached hydrogen (secondary N) is 2. The van der Waals surface area contributed by atoms with Gasteiger partial charge in [-0.15, -0.1) is 0 Å². The van der Waals surface area contributed by atoms with Gasteiger partial charge in [0, 0.05) is 17.3 Å². The Kier molecular flexibility index (Phi) is 5.86. The third-order valence-corrected chi connectivity index (χ3v) is 4.12. The molecule has 5 nitrogen and oxygen atoms in total. The van der Waals surface area contributed by atoms with Gasteiger partial charge in [0.25, 0.3) is 5.91 Å². The van der Waals surface area contributed by atoms with E-state index in [9.17, 15) is 9.59 Å². The molecule has 0 aliphatic heterocycles. The molecule has 2 rings (SSSR count). The lowest BCUT2D eigenvalue weighted by molar-refractivity contribution is 0.0635. The van der Waals surface area contributed by atoms with Crippen LogP contribution in [0.1, 0.15) is 63.7 Å². The fourth-order valence-electron chi connectivity index (χ4n) is 2.83. The lowest BCUT2D eigenvalue weighted by Crippen LogP contribution is -2.37. The smallest absolute Gasteiger partial charge is 0.412 e. The monoisotopic (exact) mass is 332 g/mol. The van der Waals surface area contributed by atoms with Crippen LogP contribution < -0.4 is 10.6 Å². The van der Waals surface area contributed by atoms with Gasteiger partial charge in [-0.3, -0.25) is 10.1 Å². The van der Waals surface area contributed by atoms with Gasteiger partial charge in [0.1, 0.15) is 5.60 Å². The molecular formula is C19H28N2O3. The molecule has 0 saturated heterocycles. The first-order valence-corrected chi connectivity index (χ1v) is 8.64. The second-order valence-electron chi connectivity index (χ2n) is 7.64. The summed E-state index contributed by atoms with van der Waals surface area (Å²) < 4.78 is 5.22. The molecule has 1 aliphatic rings. The number of carbonyl (C=O) groups is 2. The Morgan fingerprint density at radius 1 is 1.12 bits per heavy atom. The van der Waals surface area contributed by atoms with Crippen molar-refractivity contribution in [2.24, 2.45) is 5.92 Å². The molecular weight excluding hydrogens is 304 g/mol. The molecule has 0 unspecified atom stereocenters. The Balaban J connectivity index is 1.94. The second-order valence-corrected chi connectivity index (χ2v) is 7.64. The largest absolute Gasteiger partial charge is 0.444 e. The molecule has 1 saturated carbocycles. The minimum Gasteiger partial charge on any atom is -0.444 e. The van der Waals surface area contributed by atoms with Crippen LogP contribution in [0.5, 0.6) is 0 Å². The number of anilines is 1. The molecule has 0 aromatic heterocycles. The summed E-state index contributed by atoms with van der Waals surface area (Å²) in [5.41, 5.74) is 0.535. The summed E-state index contributed by atoms with van der Waals surface area (Å²) >= 11 is 0. The number of benzene rings is 1. The van der Waals surface area contributed by atoms with E-state index in [2.05, 4.69) is 17.6 Å². The van der Waals surface area contributed by atoms with Crippen molar-refractivity contribution in [3.8, 4) is 0 Å². The van der Waals surface area contributed by atoms with Crippen LogP contribution >= 0.6 is 0 Å². The van der Waals surface area contributed by atoms with Crippen LogP contribution in [0.2, 0.25) is 0 Å². The first kappa shape index (κ1) is 18.3. The summed E-state index contributed by atoms with van der Waals surface area (Å²) in [5.74, 6) is 0.655. The maximum absolute atomic E-state index is 12.4. The normalized spacial score (nSPS) is 21.0. The lowest BCUT2D eigenvalue weighted by atomic mass is 9.87. The molecule has 2 N–H and O–H groups in total. The molecule has 1 fully saturated rings. The third kappa shape index (κ3) is 5.87. The van der Waals surface area contributed by atoms with Crippen LogP contribution in [0.3, 0.4) is 0 Å². The highest BCUT2D eigenvalue weighted by Crippen LogP contribution is 2.24. The molecule has 132 valence electrons. The molecule has 1 aliphatic carbocycles. The molecule has 0 bridgehead atoms. The van der Waals surface area contributed by atoms with E-state index >= 15 is 0 Å². The number of carbonyl (C=O) groups excluding carboxylic acids is 2. The van der Waals surface area contributed by atoms with Crippen molar-refractivity contribution in [3.63, 3.8) is 0 Å². The van der Waals surface area contributed by atoms with Gasteiger partial charge in [-0.2, -0.15) is 0 Å². The predicted molar refractivity (Wildman–Crippen MR) is 95.2 cm³/mol. The van der Waals surface area contributed by atoms with Crippen LogP contribution in [0.4, 0.5) is 10.5 Å². The van der Waals surface area contributed by atoms with Crippen molar-refractivity contribution in [1.29, 1.82) is 0 Å². The van der Waals surface area contributed by atoms with Crippen LogP contribution in [-0.4, -0.2) is 23.6 Å². The van der Waals surface area contributed by atoms with Gasteiger partial charge >= 0.3 is 6.09 Å². The Morgan fingerprint density at radius 3 is 2.42 bits per heavy atom. The standard InChI is InChI=1S/C19H28N2O3/c1-13-8-10-15(11-9-13)20-17(22)14-6-5-7-16(12-14)21-18(23)24-19(2,3)4/h5-7,12-13,15H,8-11H2,1-4H3,(H,20,22)(H,21,23). The number of hydrogen-bond acceptors (Lipinski definition) is 3. The number of ether oxygens (including phenoxy) is 1. The molecule has 1 aromatic rings. The SMILES string of the molecule is CC1CCC(NC(=O)c2cccc(NC(=O)OC(C)(C)C)c2)CC1. The van der Waals surface area contributed by atoms with Crippen LogP contribution in [0, 0.1) is 5.92 Å². The number of amides is 2. The van der Waals surface area contributed by atoms with Crippen molar-refractivity contribution in [2.45, 2.75) is 65.0 Å². The van der Waals surface area contributed by atoms with Crippen molar-refractivity contribution in [3.05, 3.63) is 29.8 Å². The molecule has 24 heavy (non-hydrogen) atoms. The highest BCUT2D eigenvalue weighted by Gasteiger charge is 2.21. The third-order valence-electron chi connectivity index (χ3n) is 4.12. The Hall–Kier alpha value is -2.04. The second kappa shape index (κ2) is 7.69. The highest BCUT2D eigenvalue weighted by atomic mass is 16.6. The molecule has 5 heteroatoms. The zero-order valence-corrected chi connectivity index (χ0v) is 15.0. The van der Waals surface area contributed by atoms with E-state index in [1.165, 1.54) is 0 Å². The van der Waals surface area contributed by atoms with E-state index < -0.39 is 11.7 Å². The molecule has 0 spiro atoms. The Morgan fingerprint density at radius 2 is 1.79 bits per heavy atom. The van der Waals surface area contributed by atoms with Crippen molar-refractivity contribution in [1.82, 2.24) is 5.32 Å². The first-order chi connectivity index (χ1) is 11.2. The minimum absolute atomic E-state index is 0.0950. The lowest BCUT2D eigenvalue weighted by Gasteiger charge is -2.27.